The van der Waals surface area contributed by atoms with Gasteiger partial charge in [0.25, 0.3) is 10.0 Å². The van der Waals surface area contributed by atoms with Crippen molar-refractivity contribution in [2.75, 3.05) is 10.8 Å². The van der Waals surface area contributed by atoms with Crippen LogP contribution in [0.15, 0.2) is 53.4 Å². The topological polar surface area (TPSA) is 70.4 Å². The highest BCUT2D eigenvalue weighted by Crippen LogP contribution is 2.29. The third-order valence-electron chi connectivity index (χ3n) is 3.38. The highest BCUT2D eigenvalue weighted by atomic mass is 32.2. The molecule has 0 spiro atoms. The fraction of sp³-hybridized carbons (Fsp3) is 0.235. The van der Waals surface area contributed by atoms with E-state index in [0.717, 1.165) is 28.1 Å². The summed E-state index contributed by atoms with van der Waals surface area (Å²) in [6, 6.07) is 12.6. The minimum Gasteiger partial charge on any atom is -0.406 e. The highest BCUT2D eigenvalue weighted by molar-refractivity contribution is 7.92. The minimum absolute atomic E-state index is 0.0775. The van der Waals surface area contributed by atoms with Gasteiger partial charge in [0, 0.05) is 12.6 Å². The molecule has 0 aliphatic rings. The quantitative estimate of drug-likeness (QED) is 0.755. The molecule has 2 aromatic carbocycles. The van der Waals surface area contributed by atoms with E-state index in [9.17, 15) is 21.6 Å². The second-order valence-electron chi connectivity index (χ2n) is 5.34. The molecule has 0 aliphatic carbocycles. The molecule has 0 radical (unpaired) electrons. The van der Waals surface area contributed by atoms with E-state index in [1.807, 2.05) is 13.0 Å². The average Bonchev–Trinajstić information content (AvgIpc) is 2.55. The predicted molar refractivity (Wildman–Crippen MR) is 89.1 cm³/mol. The van der Waals surface area contributed by atoms with Crippen molar-refractivity contribution in [2.24, 2.45) is 0 Å². The number of sulfonamides is 1. The summed E-state index contributed by atoms with van der Waals surface area (Å²) >= 11 is 0. The largest absolute Gasteiger partial charge is 0.573 e. The molecule has 0 atom stereocenters. The van der Waals surface area contributed by atoms with Gasteiger partial charge in [-0.3, -0.25) is 4.31 Å². The number of alkyl halides is 3. The first-order chi connectivity index (χ1) is 12.1. The van der Waals surface area contributed by atoms with Crippen LogP contribution in [0.5, 0.6) is 5.75 Å². The summed E-state index contributed by atoms with van der Waals surface area (Å²) in [7, 11) is -4.18. The maximum atomic E-state index is 12.9. The molecule has 0 saturated carbocycles. The Morgan fingerprint density at radius 2 is 1.81 bits per heavy atom. The SMILES string of the molecule is Cc1ccc(N(CCC#N)S(=O)(=O)c2cccc(OC(F)(F)F)c2)cc1. The van der Waals surface area contributed by atoms with Crippen molar-refractivity contribution in [1.82, 2.24) is 0 Å². The van der Waals surface area contributed by atoms with Crippen molar-refractivity contribution < 1.29 is 26.3 Å². The maximum Gasteiger partial charge on any atom is 0.573 e. The van der Waals surface area contributed by atoms with Gasteiger partial charge in [-0.1, -0.05) is 23.8 Å². The maximum absolute atomic E-state index is 12.9. The van der Waals surface area contributed by atoms with Gasteiger partial charge >= 0.3 is 6.36 Å². The molecular weight excluding hydrogens is 369 g/mol. The Bertz CT molecular complexity index is 904. The standard InChI is InChI=1S/C17H15F3N2O3S/c1-13-6-8-14(9-7-13)22(11-3-10-21)26(23,24)16-5-2-4-15(12-16)25-17(18,19)20/h2,4-9,12H,3,11H2,1H3. The van der Waals surface area contributed by atoms with Crippen molar-refractivity contribution in [3.8, 4) is 11.8 Å². The molecule has 0 saturated heterocycles. The Kier molecular flexibility index (Phi) is 5.77. The van der Waals surface area contributed by atoms with Crippen LogP contribution in [0.2, 0.25) is 0 Å². The molecule has 26 heavy (non-hydrogen) atoms. The third kappa shape index (κ3) is 4.89. The molecule has 5 nitrogen and oxygen atoms in total. The molecule has 0 aliphatic heterocycles. The van der Waals surface area contributed by atoms with Crippen molar-refractivity contribution in [3.63, 3.8) is 0 Å². The van der Waals surface area contributed by atoms with Gasteiger partial charge in [0.1, 0.15) is 5.75 Å². The van der Waals surface area contributed by atoms with Crippen molar-refractivity contribution in [3.05, 3.63) is 54.1 Å². The third-order valence-corrected chi connectivity index (χ3v) is 5.20. The first-order valence-corrected chi connectivity index (χ1v) is 8.90. The Balaban J connectivity index is 2.45. The van der Waals surface area contributed by atoms with E-state index in [4.69, 9.17) is 5.26 Å². The number of anilines is 1. The van der Waals surface area contributed by atoms with Crippen molar-refractivity contribution in [2.45, 2.75) is 24.6 Å². The summed E-state index contributed by atoms with van der Waals surface area (Å²) in [5.74, 6) is -0.636. The second kappa shape index (κ2) is 7.66. The fourth-order valence-electron chi connectivity index (χ4n) is 2.21. The van der Waals surface area contributed by atoms with Crippen LogP contribution in [0, 0.1) is 18.3 Å². The van der Waals surface area contributed by atoms with Crippen LogP contribution >= 0.6 is 0 Å². The average molecular weight is 384 g/mol. The van der Waals surface area contributed by atoms with Crippen LogP contribution < -0.4 is 9.04 Å². The molecule has 0 amide bonds. The molecule has 0 bridgehead atoms. The normalized spacial score (nSPS) is 11.7. The molecule has 138 valence electrons. The molecule has 0 heterocycles. The number of nitriles is 1. The van der Waals surface area contributed by atoms with E-state index >= 15 is 0 Å². The molecule has 0 unspecified atom stereocenters. The predicted octanol–water partition coefficient (Wildman–Crippen LogP) is 4.00. The number of hydrogen-bond donors (Lipinski definition) is 0. The van der Waals surface area contributed by atoms with Gasteiger partial charge in [0.15, 0.2) is 0 Å². The van der Waals surface area contributed by atoms with Crippen LogP contribution in [-0.4, -0.2) is 21.3 Å². The highest BCUT2D eigenvalue weighted by Gasteiger charge is 2.32. The first-order valence-electron chi connectivity index (χ1n) is 7.45. The first kappa shape index (κ1) is 19.6. The lowest BCUT2D eigenvalue weighted by Crippen LogP contribution is -2.32. The van der Waals surface area contributed by atoms with Gasteiger partial charge in [0.05, 0.1) is 23.1 Å². The lowest BCUT2D eigenvalue weighted by atomic mass is 10.2. The van der Waals surface area contributed by atoms with E-state index < -0.39 is 22.1 Å². The zero-order valence-electron chi connectivity index (χ0n) is 13.7. The van der Waals surface area contributed by atoms with E-state index in [2.05, 4.69) is 4.74 Å². The summed E-state index contributed by atoms with van der Waals surface area (Å²) in [6.45, 7) is 1.70. The zero-order valence-corrected chi connectivity index (χ0v) is 14.5. The van der Waals surface area contributed by atoms with Gasteiger partial charge in [0.2, 0.25) is 0 Å². The van der Waals surface area contributed by atoms with Crippen LogP contribution in [-0.2, 0) is 10.0 Å². The van der Waals surface area contributed by atoms with E-state index in [-0.39, 0.29) is 17.9 Å². The van der Waals surface area contributed by atoms with E-state index in [1.54, 1.807) is 24.3 Å². The zero-order chi connectivity index (χ0) is 19.4. The van der Waals surface area contributed by atoms with Crippen LogP contribution in [0.1, 0.15) is 12.0 Å². The van der Waals surface area contributed by atoms with Gasteiger partial charge in [-0.15, -0.1) is 13.2 Å². The van der Waals surface area contributed by atoms with Crippen molar-refractivity contribution in [1.29, 1.82) is 5.26 Å². The van der Waals surface area contributed by atoms with E-state index in [1.165, 1.54) is 6.07 Å². The number of halogens is 3. The van der Waals surface area contributed by atoms with Crippen LogP contribution in [0.25, 0.3) is 0 Å². The number of nitrogens with zero attached hydrogens (tertiary/aromatic N) is 2. The monoisotopic (exact) mass is 384 g/mol. The van der Waals surface area contributed by atoms with Crippen molar-refractivity contribution >= 4 is 15.7 Å². The molecule has 9 heteroatoms. The molecule has 0 fully saturated rings. The lowest BCUT2D eigenvalue weighted by molar-refractivity contribution is -0.274. The molecule has 0 aromatic heterocycles. The summed E-state index contributed by atoms with van der Waals surface area (Å²) < 4.78 is 67.8. The smallest absolute Gasteiger partial charge is 0.406 e. The number of benzene rings is 2. The Labute approximate surface area is 149 Å². The van der Waals surface area contributed by atoms with Gasteiger partial charge in [-0.05, 0) is 31.2 Å². The number of rotatable bonds is 6. The molecule has 2 rings (SSSR count). The Morgan fingerprint density at radius 3 is 2.38 bits per heavy atom. The number of aryl methyl sites for hydroxylation is 1. The fourth-order valence-corrected chi connectivity index (χ4v) is 3.71. The second-order valence-corrected chi connectivity index (χ2v) is 7.21. The summed E-state index contributed by atoms with van der Waals surface area (Å²) in [5.41, 5.74) is 1.22. The molecule has 0 N–H and O–H groups in total. The van der Waals surface area contributed by atoms with Crippen LogP contribution in [0.4, 0.5) is 18.9 Å². The summed E-state index contributed by atoms with van der Waals surface area (Å²) in [4.78, 5) is -0.363. The Hall–Kier alpha value is -2.73. The van der Waals surface area contributed by atoms with Gasteiger partial charge in [-0.25, -0.2) is 8.42 Å². The van der Waals surface area contributed by atoms with Gasteiger partial charge < -0.3 is 4.74 Å². The van der Waals surface area contributed by atoms with E-state index in [0.29, 0.717) is 5.69 Å². The lowest BCUT2D eigenvalue weighted by Gasteiger charge is -2.24. The summed E-state index contributed by atoms with van der Waals surface area (Å²) in [5, 5.41) is 8.80. The van der Waals surface area contributed by atoms with Gasteiger partial charge in [-0.2, -0.15) is 5.26 Å². The minimum atomic E-state index is -4.93. The Morgan fingerprint density at radius 1 is 1.15 bits per heavy atom. The summed E-state index contributed by atoms with van der Waals surface area (Å²) in [6.07, 6.45) is -5.01. The number of ether oxygens (including phenoxy) is 1. The molecular formula is C17H15F3N2O3S. The number of hydrogen-bond acceptors (Lipinski definition) is 4. The molecule has 2 aromatic rings. The van der Waals surface area contributed by atoms with Crippen LogP contribution in [0.3, 0.4) is 0 Å².